The van der Waals surface area contributed by atoms with Gasteiger partial charge >= 0.3 is 0 Å². The molecule has 4 rings (SSSR count). The first-order valence-corrected chi connectivity index (χ1v) is 8.80. The molecule has 27 heavy (non-hydrogen) atoms. The summed E-state index contributed by atoms with van der Waals surface area (Å²) in [7, 11) is 0. The van der Waals surface area contributed by atoms with Gasteiger partial charge in [0.25, 0.3) is 0 Å². The van der Waals surface area contributed by atoms with Gasteiger partial charge in [-0.25, -0.2) is 14.4 Å². The first-order valence-electron chi connectivity index (χ1n) is 8.80. The van der Waals surface area contributed by atoms with Crippen LogP contribution in [0.25, 0.3) is 10.9 Å². The SMILES string of the molecule is Cc1ccc2nc(NC3NC(=O)CC(c4ccc(F)cc4)N3)nc(C)c2c1. The molecule has 7 heteroatoms. The van der Waals surface area contributed by atoms with E-state index in [9.17, 15) is 9.18 Å². The highest BCUT2D eigenvalue weighted by Crippen LogP contribution is 2.22. The Kier molecular flexibility index (Phi) is 4.45. The molecule has 0 radical (unpaired) electrons. The Hall–Kier alpha value is -3.06. The highest BCUT2D eigenvalue weighted by Gasteiger charge is 2.27. The van der Waals surface area contributed by atoms with E-state index in [4.69, 9.17) is 0 Å². The number of carbonyl (C=O) groups excluding carboxylic acids is 1. The second-order valence-corrected chi connectivity index (χ2v) is 6.77. The molecule has 0 aliphatic carbocycles. The number of nitrogens with one attached hydrogen (secondary N) is 3. The highest BCUT2D eigenvalue weighted by molar-refractivity contribution is 5.82. The number of fused-ring (bicyclic) bond motifs is 1. The van der Waals surface area contributed by atoms with Crippen molar-refractivity contribution in [1.82, 2.24) is 20.6 Å². The smallest absolute Gasteiger partial charge is 0.226 e. The molecule has 2 atom stereocenters. The summed E-state index contributed by atoms with van der Waals surface area (Å²) in [6.07, 6.45) is -0.246. The molecule has 1 amide bonds. The van der Waals surface area contributed by atoms with Crippen molar-refractivity contribution in [1.29, 1.82) is 0 Å². The standard InChI is InChI=1S/C20H20FN5O/c1-11-3-8-16-15(9-11)12(2)22-19(23-16)26-20-24-17(10-18(27)25-20)13-4-6-14(21)7-5-13/h3-9,17,20,24H,10H2,1-2H3,(H,25,27)(H,22,23,26). The fraction of sp³-hybridized carbons (Fsp3) is 0.250. The Labute approximate surface area is 156 Å². The topological polar surface area (TPSA) is 78.9 Å². The first-order chi connectivity index (χ1) is 13.0. The number of aromatic nitrogens is 2. The zero-order chi connectivity index (χ0) is 19.0. The van der Waals surface area contributed by atoms with Gasteiger partial charge in [-0.3, -0.25) is 10.1 Å². The molecule has 0 bridgehead atoms. The summed E-state index contributed by atoms with van der Waals surface area (Å²) in [5.74, 6) is 0.0269. The minimum absolute atomic E-state index is 0.103. The van der Waals surface area contributed by atoms with Gasteiger partial charge in [0.1, 0.15) is 5.82 Å². The number of nitrogens with zero attached hydrogens (tertiary/aromatic N) is 2. The van der Waals surface area contributed by atoms with E-state index in [0.29, 0.717) is 5.95 Å². The van der Waals surface area contributed by atoms with Crippen LogP contribution in [0.5, 0.6) is 0 Å². The molecule has 1 aromatic heterocycles. The molecule has 1 saturated heterocycles. The average molecular weight is 365 g/mol. The number of hydrogen-bond donors (Lipinski definition) is 3. The summed E-state index contributed by atoms with van der Waals surface area (Å²) in [5.41, 5.74) is 3.71. The van der Waals surface area contributed by atoms with Gasteiger partial charge in [-0.15, -0.1) is 0 Å². The molecule has 2 aromatic carbocycles. The molecule has 6 nitrogen and oxygen atoms in total. The lowest BCUT2D eigenvalue weighted by atomic mass is 10.0. The van der Waals surface area contributed by atoms with Crippen LogP contribution in [0.3, 0.4) is 0 Å². The maximum absolute atomic E-state index is 13.2. The molecule has 1 fully saturated rings. The lowest BCUT2D eigenvalue weighted by molar-refractivity contribution is -0.124. The van der Waals surface area contributed by atoms with Crippen molar-refractivity contribution >= 4 is 22.8 Å². The van der Waals surface area contributed by atoms with E-state index in [-0.39, 0.29) is 24.2 Å². The third-order valence-corrected chi connectivity index (χ3v) is 4.65. The van der Waals surface area contributed by atoms with Crippen LogP contribution in [-0.4, -0.2) is 22.2 Å². The molecule has 1 aliphatic heterocycles. The van der Waals surface area contributed by atoms with Crippen LogP contribution >= 0.6 is 0 Å². The predicted molar refractivity (Wildman–Crippen MR) is 101 cm³/mol. The molecular weight excluding hydrogens is 345 g/mol. The number of amides is 1. The normalized spacial score (nSPS) is 19.7. The van der Waals surface area contributed by atoms with E-state index >= 15 is 0 Å². The van der Waals surface area contributed by atoms with Crippen molar-refractivity contribution in [3.05, 3.63) is 65.1 Å². The number of carbonyl (C=O) groups is 1. The van der Waals surface area contributed by atoms with E-state index < -0.39 is 6.29 Å². The van der Waals surface area contributed by atoms with Crippen molar-refractivity contribution in [2.75, 3.05) is 5.32 Å². The maximum Gasteiger partial charge on any atom is 0.226 e. The first kappa shape index (κ1) is 17.4. The second kappa shape index (κ2) is 6.92. The quantitative estimate of drug-likeness (QED) is 0.665. The average Bonchev–Trinajstić information content (AvgIpc) is 2.62. The van der Waals surface area contributed by atoms with Gasteiger partial charge in [0.15, 0.2) is 6.29 Å². The Morgan fingerprint density at radius 1 is 1.11 bits per heavy atom. The van der Waals surface area contributed by atoms with Crippen molar-refractivity contribution in [2.24, 2.45) is 0 Å². The fourth-order valence-electron chi connectivity index (χ4n) is 3.28. The van der Waals surface area contributed by atoms with Gasteiger partial charge < -0.3 is 10.6 Å². The molecule has 2 heterocycles. The predicted octanol–water partition coefficient (Wildman–Crippen LogP) is 2.93. The number of hydrogen-bond acceptors (Lipinski definition) is 5. The van der Waals surface area contributed by atoms with Crippen molar-refractivity contribution < 1.29 is 9.18 Å². The monoisotopic (exact) mass is 365 g/mol. The molecule has 138 valence electrons. The lowest BCUT2D eigenvalue weighted by Gasteiger charge is -2.32. The van der Waals surface area contributed by atoms with E-state index in [1.807, 2.05) is 26.0 Å². The molecule has 0 saturated carbocycles. The van der Waals surface area contributed by atoms with Crippen LogP contribution in [0.1, 0.15) is 29.3 Å². The van der Waals surface area contributed by atoms with Gasteiger partial charge in [-0.1, -0.05) is 23.8 Å². The van der Waals surface area contributed by atoms with E-state index in [1.165, 1.54) is 12.1 Å². The summed E-state index contributed by atoms with van der Waals surface area (Å²) in [5, 5.41) is 10.3. The summed E-state index contributed by atoms with van der Waals surface area (Å²) < 4.78 is 13.2. The minimum Gasteiger partial charge on any atom is -0.323 e. The molecule has 3 aromatic rings. The number of anilines is 1. The summed E-state index contributed by atoms with van der Waals surface area (Å²) in [6.45, 7) is 3.96. The zero-order valence-corrected chi connectivity index (χ0v) is 15.1. The molecule has 0 spiro atoms. The Bertz CT molecular complexity index is 1010. The van der Waals surface area contributed by atoms with Crippen LogP contribution in [-0.2, 0) is 4.79 Å². The van der Waals surface area contributed by atoms with Crippen LogP contribution in [0.4, 0.5) is 10.3 Å². The van der Waals surface area contributed by atoms with Gasteiger partial charge in [0.2, 0.25) is 11.9 Å². The van der Waals surface area contributed by atoms with Crippen LogP contribution in [0, 0.1) is 19.7 Å². The van der Waals surface area contributed by atoms with Crippen molar-refractivity contribution in [2.45, 2.75) is 32.6 Å². The summed E-state index contributed by atoms with van der Waals surface area (Å²) in [4.78, 5) is 21.2. The maximum atomic E-state index is 13.2. The number of benzene rings is 2. The Morgan fingerprint density at radius 3 is 2.67 bits per heavy atom. The highest BCUT2D eigenvalue weighted by atomic mass is 19.1. The van der Waals surface area contributed by atoms with Gasteiger partial charge in [-0.2, -0.15) is 0 Å². The lowest BCUT2D eigenvalue weighted by Crippen LogP contribution is -2.56. The second-order valence-electron chi connectivity index (χ2n) is 6.77. The number of halogens is 1. The third-order valence-electron chi connectivity index (χ3n) is 4.65. The minimum atomic E-state index is -0.524. The molecule has 2 unspecified atom stereocenters. The van der Waals surface area contributed by atoms with Crippen molar-refractivity contribution in [3.63, 3.8) is 0 Å². The van der Waals surface area contributed by atoms with Crippen LogP contribution in [0.15, 0.2) is 42.5 Å². The van der Waals surface area contributed by atoms with E-state index in [0.717, 1.165) is 27.7 Å². The largest absolute Gasteiger partial charge is 0.323 e. The van der Waals surface area contributed by atoms with Gasteiger partial charge in [0, 0.05) is 17.8 Å². The molecule has 1 aliphatic rings. The number of rotatable bonds is 3. The fourth-order valence-corrected chi connectivity index (χ4v) is 3.28. The molecule has 3 N–H and O–H groups in total. The number of aryl methyl sites for hydroxylation is 2. The van der Waals surface area contributed by atoms with Crippen LogP contribution < -0.4 is 16.0 Å². The van der Waals surface area contributed by atoms with E-state index in [2.05, 4.69) is 32.0 Å². The third kappa shape index (κ3) is 3.73. The molecular formula is C20H20FN5O. The van der Waals surface area contributed by atoms with Gasteiger partial charge in [0.05, 0.1) is 11.2 Å². The van der Waals surface area contributed by atoms with Crippen molar-refractivity contribution in [3.8, 4) is 0 Å². The summed E-state index contributed by atoms with van der Waals surface area (Å²) >= 11 is 0. The summed E-state index contributed by atoms with van der Waals surface area (Å²) in [6, 6.07) is 11.9. The Morgan fingerprint density at radius 2 is 1.89 bits per heavy atom. The van der Waals surface area contributed by atoms with Crippen LogP contribution in [0.2, 0.25) is 0 Å². The zero-order valence-electron chi connectivity index (χ0n) is 15.1. The van der Waals surface area contributed by atoms with E-state index in [1.54, 1.807) is 12.1 Å². The Balaban J connectivity index is 1.56. The van der Waals surface area contributed by atoms with Gasteiger partial charge in [-0.05, 0) is 43.7 Å².